The zero-order valence-electron chi connectivity index (χ0n) is 18.1. The van der Waals surface area contributed by atoms with Crippen molar-refractivity contribution >= 4 is 23.1 Å². The van der Waals surface area contributed by atoms with Gasteiger partial charge < -0.3 is 0 Å². The second-order valence-electron chi connectivity index (χ2n) is 8.79. The lowest BCUT2D eigenvalue weighted by atomic mass is 9.90. The van der Waals surface area contributed by atoms with Gasteiger partial charge in [-0.15, -0.1) is 0 Å². The highest BCUT2D eigenvalue weighted by Gasteiger charge is 2.27. The van der Waals surface area contributed by atoms with Crippen LogP contribution in [0.2, 0.25) is 0 Å². The summed E-state index contributed by atoms with van der Waals surface area (Å²) in [4.78, 5) is 27.4. The number of nitrogens with zero attached hydrogens (tertiary/aromatic N) is 4. The van der Waals surface area contributed by atoms with Gasteiger partial charge in [0.15, 0.2) is 11.6 Å². The van der Waals surface area contributed by atoms with E-state index in [9.17, 15) is 18.4 Å². The average Bonchev–Trinajstić information content (AvgIpc) is 3.21. The first kappa shape index (κ1) is 21.5. The number of piperidine rings is 1. The summed E-state index contributed by atoms with van der Waals surface area (Å²) in [5.41, 5.74) is 3.08. The molecule has 3 aromatic rings. The zero-order chi connectivity index (χ0) is 22.9. The van der Waals surface area contributed by atoms with Crippen LogP contribution in [0, 0.1) is 17.6 Å². The van der Waals surface area contributed by atoms with Crippen LogP contribution < -0.4 is 10.2 Å². The summed E-state index contributed by atoms with van der Waals surface area (Å²) in [6.07, 6.45) is 6.66. The number of halogens is 2. The number of benzene rings is 1. The molecule has 2 aromatic heterocycles. The average molecular weight is 453 g/mol. The number of rotatable bonds is 5. The lowest BCUT2D eigenvalue weighted by molar-refractivity contribution is -0.120. The molecule has 0 bridgehead atoms. The van der Waals surface area contributed by atoms with Crippen molar-refractivity contribution in [3.8, 4) is 0 Å². The van der Waals surface area contributed by atoms with Gasteiger partial charge in [0.05, 0.1) is 17.4 Å². The highest BCUT2D eigenvalue weighted by atomic mass is 19.2. The summed E-state index contributed by atoms with van der Waals surface area (Å²) >= 11 is 0. The van der Waals surface area contributed by atoms with Gasteiger partial charge in [-0.1, -0.05) is 12.1 Å². The number of carbonyl (C=O) groups is 2. The molecule has 1 N–H and O–H groups in total. The van der Waals surface area contributed by atoms with E-state index in [0.717, 1.165) is 49.5 Å². The lowest BCUT2D eigenvalue weighted by Crippen LogP contribution is -2.49. The van der Waals surface area contributed by atoms with Gasteiger partial charge in [-0.3, -0.25) is 19.9 Å². The Labute approximate surface area is 190 Å². The van der Waals surface area contributed by atoms with Crippen LogP contribution in [0.3, 0.4) is 0 Å². The van der Waals surface area contributed by atoms with Gasteiger partial charge in [-0.2, -0.15) is 5.10 Å². The fourth-order valence-electron chi connectivity index (χ4n) is 4.73. The molecule has 33 heavy (non-hydrogen) atoms. The van der Waals surface area contributed by atoms with E-state index < -0.39 is 17.7 Å². The van der Waals surface area contributed by atoms with Crippen molar-refractivity contribution in [2.24, 2.45) is 5.92 Å². The Morgan fingerprint density at radius 2 is 1.91 bits per heavy atom. The number of carbonyl (C=O) groups excluding carboxylic acids is 2. The third-order valence-corrected chi connectivity index (χ3v) is 6.57. The topological polar surface area (TPSA) is 70.0 Å². The molecule has 0 unspecified atom stereocenters. The lowest BCUT2D eigenvalue weighted by Gasteiger charge is -2.32. The number of likely N-dealkylation sites (tertiary alicyclic amines) is 1. The van der Waals surface area contributed by atoms with Gasteiger partial charge in [0.2, 0.25) is 5.91 Å². The number of anilines is 1. The van der Waals surface area contributed by atoms with Crippen LogP contribution >= 0.6 is 0 Å². The Bertz CT molecular complexity index is 1200. The van der Waals surface area contributed by atoms with E-state index in [1.165, 1.54) is 0 Å². The van der Waals surface area contributed by atoms with Crippen LogP contribution in [-0.4, -0.2) is 46.1 Å². The third-order valence-electron chi connectivity index (χ3n) is 6.57. The van der Waals surface area contributed by atoms with Crippen molar-refractivity contribution in [2.45, 2.75) is 32.2 Å². The second kappa shape index (κ2) is 8.90. The fourth-order valence-corrected chi connectivity index (χ4v) is 4.73. The van der Waals surface area contributed by atoms with E-state index in [0.29, 0.717) is 30.3 Å². The Morgan fingerprint density at radius 1 is 1.09 bits per heavy atom. The largest absolute Gasteiger partial charge is 0.328 e. The molecule has 0 saturated carbocycles. The predicted octanol–water partition coefficient (Wildman–Crippen LogP) is 3.51. The van der Waals surface area contributed by atoms with Crippen LogP contribution in [0.15, 0.2) is 42.7 Å². The van der Waals surface area contributed by atoms with Crippen molar-refractivity contribution in [2.75, 3.05) is 24.5 Å². The van der Waals surface area contributed by atoms with Crippen molar-refractivity contribution in [3.63, 3.8) is 0 Å². The van der Waals surface area contributed by atoms with Crippen LogP contribution in [0.5, 0.6) is 0 Å². The van der Waals surface area contributed by atoms with E-state index in [-0.39, 0.29) is 12.3 Å². The van der Waals surface area contributed by atoms with Crippen molar-refractivity contribution in [1.82, 2.24) is 19.8 Å². The molecule has 9 heteroatoms. The van der Waals surface area contributed by atoms with Crippen molar-refractivity contribution < 1.29 is 18.4 Å². The molecule has 172 valence electrons. The molecule has 0 radical (unpaired) electrons. The number of fused-ring (bicyclic) bond motifs is 1. The minimum atomic E-state index is -0.800. The molecule has 2 aliphatic heterocycles. The number of amides is 3. The molecule has 3 amide bonds. The summed E-state index contributed by atoms with van der Waals surface area (Å²) in [6.45, 7) is 2.42. The van der Waals surface area contributed by atoms with Gasteiger partial charge in [0, 0.05) is 31.3 Å². The monoisotopic (exact) mass is 453 g/mol. The highest BCUT2D eigenvalue weighted by molar-refractivity contribution is 6.07. The van der Waals surface area contributed by atoms with Gasteiger partial charge in [-0.05, 0) is 62.0 Å². The molecule has 7 nitrogen and oxygen atoms in total. The number of urea groups is 1. The molecule has 2 fully saturated rings. The molecule has 2 aliphatic rings. The molecular weight excluding hydrogens is 428 g/mol. The van der Waals surface area contributed by atoms with Crippen LogP contribution in [0.1, 0.15) is 30.4 Å². The number of hydrogen-bond acceptors (Lipinski definition) is 4. The number of imide groups is 1. The first-order valence-electron chi connectivity index (χ1n) is 11.2. The SMILES string of the molecule is O=C1CCN(c2cnn3ccc(CC4CCN(Cc5cccc(F)c5F)CC4)cc23)C(=O)N1. The first-order valence-corrected chi connectivity index (χ1v) is 11.2. The van der Waals surface area contributed by atoms with Crippen LogP contribution in [-0.2, 0) is 17.8 Å². The molecule has 0 aliphatic carbocycles. The minimum absolute atomic E-state index is 0.264. The summed E-state index contributed by atoms with van der Waals surface area (Å²) in [7, 11) is 0. The van der Waals surface area contributed by atoms with Gasteiger partial charge >= 0.3 is 6.03 Å². The van der Waals surface area contributed by atoms with Crippen molar-refractivity contribution in [1.29, 1.82) is 0 Å². The van der Waals surface area contributed by atoms with E-state index in [4.69, 9.17) is 0 Å². The maximum atomic E-state index is 14.0. The maximum absolute atomic E-state index is 14.0. The number of hydrogen-bond donors (Lipinski definition) is 1. The summed E-state index contributed by atoms with van der Waals surface area (Å²) in [5, 5.41) is 6.70. The maximum Gasteiger partial charge on any atom is 0.328 e. The fraction of sp³-hybridized carbons (Fsp3) is 0.375. The number of nitrogens with one attached hydrogen (secondary N) is 1. The van der Waals surface area contributed by atoms with E-state index in [1.54, 1.807) is 27.7 Å². The standard InChI is InChI=1S/C24H25F2N5O2/c25-19-3-1-2-18(23(19)26)15-29-8-4-16(5-9-29)12-17-6-11-31-20(13-17)21(14-27-31)30-10-7-22(32)28-24(30)33/h1-3,6,11,13-14,16H,4-5,7-10,12,15H2,(H,28,32,33). The summed E-state index contributed by atoms with van der Waals surface area (Å²) in [5.74, 6) is -1.33. The molecule has 4 heterocycles. The Hall–Kier alpha value is -3.33. The Kier molecular flexibility index (Phi) is 5.80. The number of aromatic nitrogens is 2. The molecule has 2 saturated heterocycles. The zero-order valence-corrected chi connectivity index (χ0v) is 18.1. The van der Waals surface area contributed by atoms with E-state index in [2.05, 4.69) is 21.4 Å². The first-order chi connectivity index (χ1) is 16.0. The Balaban J connectivity index is 1.23. The smallest absolute Gasteiger partial charge is 0.299 e. The normalized spacial score (nSPS) is 18.2. The van der Waals surface area contributed by atoms with E-state index in [1.807, 2.05) is 12.3 Å². The van der Waals surface area contributed by atoms with Gasteiger partial charge in [0.25, 0.3) is 0 Å². The van der Waals surface area contributed by atoms with Crippen LogP contribution in [0.25, 0.3) is 5.52 Å². The molecule has 1 aromatic carbocycles. The minimum Gasteiger partial charge on any atom is -0.299 e. The third kappa shape index (κ3) is 4.45. The van der Waals surface area contributed by atoms with E-state index >= 15 is 0 Å². The Morgan fingerprint density at radius 3 is 2.70 bits per heavy atom. The predicted molar refractivity (Wildman–Crippen MR) is 119 cm³/mol. The number of pyridine rings is 1. The molecule has 0 atom stereocenters. The summed E-state index contributed by atoms with van der Waals surface area (Å²) < 4.78 is 29.2. The molecule has 5 rings (SSSR count). The molecule has 0 spiro atoms. The van der Waals surface area contributed by atoms with Gasteiger partial charge in [-0.25, -0.2) is 18.1 Å². The molecular formula is C24H25F2N5O2. The summed E-state index contributed by atoms with van der Waals surface area (Å²) in [6, 6.07) is 8.01. The van der Waals surface area contributed by atoms with Crippen LogP contribution in [0.4, 0.5) is 19.3 Å². The quantitative estimate of drug-likeness (QED) is 0.642. The van der Waals surface area contributed by atoms with Crippen molar-refractivity contribution in [3.05, 3.63) is 65.5 Å². The van der Waals surface area contributed by atoms with Gasteiger partial charge in [0.1, 0.15) is 0 Å². The second-order valence-corrected chi connectivity index (χ2v) is 8.79. The highest BCUT2D eigenvalue weighted by Crippen LogP contribution is 2.27.